The molecular formula is C9H9BrN2O2. The maximum Gasteiger partial charge on any atom is 0.246 e. The number of carbonyl (C=O) groups excluding carboxylic acids is 1. The van der Waals surface area contributed by atoms with Crippen LogP contribution in [0.1, 0.15) is 11.6 Å². The highest BCUT2D eigenvalue weighted by atomic mass is 79.9. The first-order valence-electron chi connectivity index (χ1n) is 4.24. The van der Waals surface area contributed by atoms with Crippen molar-refractivity contribution in [1.29, 1.82) is 0 Å². The Hall–Kier alpha value is -0.940. The second-order valence-electron chi connectivity index (χ2n) is 3.05. The molecule has 0 aliphatic carbocycles. The van der Waals surface area contributed by atoms with E-state index >= 15 is 0 Å². The Morgan fingerprint density at radius 1 is 1.64 bits per heavy atom. The zero-order valence-corrected chi connectivity index (χ0v) is 8.95. The zero-order chi connectivity index (χ0) is 9.97. The van der Waals surface area contributed by atoms with E-state index in [-0.39, 0.29) is 18.6 Å². The van der Waals surface area contributed by atoms with Gasteiger partial charge in [0, 0.05) is 6.20 Å². The molecule has 1 aromatic rings. The van der Waals surface area contributed by atoms with Crippen molar-refractivity contribution in [2.24, 2.45) is 0 Å². The van der Waals surface area contributed by atoms with E-state index < -0.39 is 0 Å². The van der Waals surface area contributed by atoms with Gasteiger partial charge < -0.3 is 10.1 Å². The van der Waals surface area contributed by atoms with Crippen molar-refractivity contribution in [3.63, 3.8) is 0 Å². The van der Waals surface area contributed by atoms with Crippen molar-refractivity contribution < 1.29 is 9.53 Å². The molecule has 1 fully saturated rings. The number of aromatic nitrogens is 1. The number of morpholine rings is 1. The minimum absolute atomic E-state index is 0.0597. The maximum atomic E-state index is 11.1. The van der Waals surface area contributed by atoms with Gasteiger partial charge in [-0.1, -0.05) is 0 Å². The van der Waals surface area contributed by atoms with Crippen LogP contribution in [0.2, 0.25) is 0 Å². The maximum absolute atomic E-state index is 11.1. The van der Waals surface area contributed by atoms with Crippen LogP contribution in [0.25, 0.3) is 0 Å². The number of amides is 1. The summed E-state index contributed by atoms with van der Waals surface area (Å²) in [5.41, 5.74) is 1.000. The Bertz CT molecular complexity index is 356. The average Bonchev–Trinajstić information content (AvgIpc) is 2.18. The molecule has 0 bridgehead atoms. The van der Waals surface area contributed by atoms with Crippen LogP contribution < -0.4 is 5.32 Å². The molecule has 74 valence electrons. The fraction of sp³-hybridized carbons (Fsp3) is 0.333. The number of nitrogens with zero attached hydrogens (tertiary/aromatic N) is 1. The first-order chi connectivity index (χ1) is 6.75. The van der Waals surface area contributed by atoms with E-state index in [0.717, 1.165) is 10.2 Å². The van der Waals surface area contributed by atoms with Gasteiger partial charge in [-0.2, -0.15) is 0 Å². The Balaban J connectivity index is 2.17. The molecule has 2 heterocycles. The van der Waals surface area contributed by atoms with Gasteiger partial charge in [-0.25, -0.2) is 4.98 Å². The van der Waals surface area contributed by atoms with Crippen LogP contribution in [-0.2, 0) is 9.53 Å². The number of hydrogen-bond donors (Lipinski definition) is 1. The predicted molar refractivity (Wildman–Crippen MR) is 53.6 cm³/mol. The van der Waals surface area contributed by atoms with E-state index in [1.807, 2.05) is 12.1 Å². The molecule has 1 aliphatic heterocycles. The second-order valence-corrected chi connectivity index (χ2v) is 3.86. The molecule has 1 aromatic heterocycles. The fourth-order valence-electron chi connectivity index (χ4n) is 1.36. The molecule has 1 amide bonds. The number of halogens is 1. The number of nitrogens with one attached hydrogen (secondary N) is 1. The van der Waals surface area contributed by atoms with Crippen molar-refractivity contribution >= 4 is 21.8 Å². The first-order valence-corrected chi connectivity index (χ1v) is 5.03. The lowest BCUT2D eigenvalue weighted by Gasteiger charge is -2.23. The third-order valence-electron chi connectivity index (χ3n) is 2.01. The molecule has 0 unspecified atom stereocenters. The number of ether oxygens (including phenoxy) is 1. The third-order valence-corrected chi connectivity index (χ3v) is 2.44. The van der Waals surface area contributed by atoms with Crippen molar-refractivity contribution in [2.75, 3.05) is 13.2 Å². The van der Waals surface area contributed by atoms with Gasteiger partial charge >= 0.3 is 0 Å². The number of carbonyl (C=O) groups is 1. The van der Waals surface area contributed by atoms with E-state index in [1.165, 1.54) is 0 Å². The normalized spacial score (nSPS) is 21.8. The molecule has 14 heavy (non-hydrogen) atoms. The van der Waals surface area contributed by atoms with Gasteiger partial charge in [0.25, 0.3) is 0 Å². The van der Waals surface area contributed by atoms with Crippen molar-refractivity contribution in [2.45, 2.75) is 6.04 Å². The van der Waals surface area contributed by atoms with Crippen LogP contribution in [0.4, 0.5) is 0 Å². The summed E-state index contributed by atoms with van der Waals surface area (Å²) >= 11 is 3.28. The molecular weight excluding hydrogens is 248 g/mol. The Morgan fingerprint density at radius 2 is 2.50 bits per heavy atom. The largest absolute Gasteiger partial charge is 0.369 e. The van der Waals surface area contributed by atoms with E-state index in [1.54, 1.807) is 6.20 Å². The fourth-order valence-corrected chi connectivity index (χ4v) is 1.74. The summed E-state index contributed by atoms with van der Waals surface area (Å²) in [7, 11) is 0. The standard InChI is InChI=1S/C9H9BrN2O2/c10-8-3-6(1-2-11-8)7-4-14-5-9(13)12-7/h1-3,7H,4-5H2,(H,12,13)/t7-/m1/s1. The zero-order valence-electron chi connectivity index (χ0n) is 7.37. The highest BCUT2D eigenvalue weighted by Crippen LogP contribution is 2.18. The number of rotatable bonds is 1. The molecule has 1 saturated heterocycles. The third kappa shape index (κ3) is 2.10. The van der Waals surface area contributed by atoms with Gasteiger partial charge in [-0.05, 0) is 33.6 Å². The van der Waals surface area contributed by atoms with Gasteiger partial charge in [-0.15, -0.1) is 0 Å². The van der Waals surface area contributed by atoms with Crippen molar-refractivity contribution in [3.8, 4) is 0 Å². The molecule has 0 radical (unpaired) electrons. The van der Waals surface area contributed by atoms with Crippen LogP contribution in [0.3, 0.4) is 0 Å². The molecule has 5 heteroatoms. The molecule has 2 rings (SSSR count). The summed E-state index contributed by atoms with van der Waals surface area (Å²) in [6.45, 7) is 0.672. The predicted octanol–water partition coefficient (Wildman–Crippen LogP) is 1.03. The lowest BCUT2D eigenvalue weighted by atomic mass is 10.1. The Kier molecular flexibility index (Phi) is 2.79. The van der Waals surface area contributed by atoms with Crippen LogP contribution >= 0.6 is 15.9 Å². The lowest BCUT2D eigenvalue weighted by molar-refractivity contribution is -0.131. The summed E-state index contributed by atoms with van der Waals surface area (Å²) in [6, 6.07) is 3.68. The average molecular weight is 257 g/mol. The van der Waals surface area contributed by atoms with E-state index in [9.17, 15) is 4.79 Å². The lowest BCUT2D eigenvalue weighted by Crippen LogP contribution is -2.39. The van der Waals surface area contributed by atoms with Gasteiger partial charge in [0.05, 0.1) is 12.6 Å². The SMILES string of the molecule is O=C1COC[C@H](c2ccnc(Br)c2)N1. The highest BCUT2D eigenvalue weighted by Gasteiger charge is 2.20. The highest BCUT2D eigenvalue weighted by molar-refractivity contribution is 9.10. The van der Waals surface area contributed by atoms with E-state index in [4.69, 9.17) is 4.74 Å². The smallest absolute Gasteiger partial charge is 0.246 e. The molecule has 0 spiro atoms. The van der Waals surface area contributed by atoms with Crippen LogP contribution in [0, 0.1) is 0 Å². The van der Waals surface area contributed by atoms with Crippen molar-refractivity contribution in [1.82, 2.24) is 10.3 Å². The Morgan fingerprint density at radius 3 is 3.21 bits per heavy atom. The minimum Gasteiger partial charge on any atom is -0.369 e. The summed E-state index contributed by atoms with van der Waals surface area (Å²) < 4.78 is 5.90. The number of pyridine rings is 1. The summed E-state index contributed by atoms with van der Waals surface area (Å²) in [5, 5.41) is 2.85. The van der Waals surface area contributed by atoms with Gasteiger partial charge in [0.2, 0.25) is 5.91 Å². The van der Waals surface area contributed by atoms with Gasteiger partial charge in [0.1, 0.15) is 11.2 Å². The van der Waals surface area contributed by atoms with Crippen LogP contribution in [0.15, 0.2) is 22.9 Å². The second kappa shape index (κ2) is 4.06. The molecule has 1 aliphatic rings. The summed E-state index contributed by atoms with van der Waals surface area (Å²) in [4.78, 5) is 15.1. The summed E-state index contributed by atoms with van der Waals surface area (Å²) in [6.07, 6.45) is 1.69. The number of hydrogen-bond acceptors (Lipinski definition) is 3. The monoisotopic (exact) mass is 256 g/mol. The first kappa shape index (κ1) is 9.61. The molecule has 0 aromatic carbocycles. The van der Waals surface area contributed by atoms with Gasteiger partial charge in [0.15, 0.2) is 0 Å². The molecule has 0 saturated carbocycles. The van der Waals surface area contributed by atoms with E-state index in [0.29, 0.717) is 6.61 Å². The molecule has 1 atom stereocenters. The van der Waals surface area contributed by atoms with Gasteiger partial charge in [-0.3, -0.25) is 4.79 Å². The Labute approximate surface area is 89.8 Å². The van der Waals surface area contributed by atoms with Crippen LogP contribution in [-0.4, -0.2) is 24.1 Å². The molecule has 1 N–H and O–H groups in total. The van der Waals surface area contributed by atoms with E-state index in [2.05, 4.69) is 26.2 Å². The quantitative estimate of drug-likeness (QED) is 0.764. The van der Waals surface area contributed by atoms with Crippen molar-refractivity contribution in [3.05, 3.63) is 28.5 Å². The summed E-state index contributed by atoms with van der Waals surface area (Å²) in [5.74, 6) is -0.0748. The van der Waals surface area contributed by atoms with Crippen LogP contribution in [0.5, 0.6) is 0 Å². The minimum atomic E-state index is -0.0748. The molecule has 4 nitrogen and oxygen atoms in total. The topological polar surface area (TPSA) is 51.2 Å².